The van der Waals surface area contributed by atoms with E-state index in [4.69, 9.17) is 15.5 Å². The van der Waals surface area contributed by atoms with E-state index in [0.29, 0.717) is 35.1 Å². The lowest BCUT2D eigenvalue weighted by molar-refractivity contribution is 0.337. The highest BCUT2D eigenvalue weighted by atomic mass is 32.2. The molecule has 1 aliphatic rings. The smallest absolute Gasteiger partial charge is 0.214 e. The first-order valence-corrected chi connectivity index (χ1v) is 12.1. The second-order valence-corrected chi connectivity index (χ2v) is 9.65. The van der Waals surface area contributed by atoms with Crippen LogP contribution < -0.4 is 10.5 Å². The monoisotopic (exact) mass is 453 g/mol. The number of hydrogen-bond donors (Lipinski definition) is 1. The Morgan fingerprint density at radius 3 is 3.03 bits per heavy atom. The molecule has 8 nitrogen and oxygen atoms in total. The number of aromatic nitrogens is 6. The van der Waals surface area contributed by atoms with Crippen molar-refractivity contribution in [2.45, 2.75) is 44.0 Å². The van der Waals surface area contributed by atoms with Crippen LogP contribution in [0.4, 0.5) is 5.82 Å². The topological polar surface area (TPSA) is 105 Å². The Kier molecular flexibility index (Phi) is 5.49. The van der Waals surface area contributed by atoms with Crippen LogP contribution in [0, 0.1) is 5.92 Å². The molecule has 3 heterocycles. The number of nitrogen functional groups attached to an aromatic ring is 1. The van der Waals surface area contributed by atoms with Gasteiger partial charge in [0, 0.05) is 4.88 Å². The summed E-state index contributed by atoms with van der Waals surface area (Å²) in [6.45, 7) is 4.82. The van der Waals surface area contributed by atoms with Crippen molar-refractivity contribution in [2.24, 2.45) is 5.92 Å². The molecule has 0 bridgehead atoms. The highest BCUT2D eigenvalue weighted by Crippen LogP contribution is 2.39. The minimum atomic E-state index is 0.524. The second-order valence-electron chi connectivity index (χ2n) is 7.62. The van der Waals surface area contributed by atoms with Gasteiger partial charge in [-0.15, -0.1) is 16.4 Å². The van der Waals surface area contributed by atoms with E-state index in [1.807, 2.05) is 31.2 Å². The highest BCUT2D eigenvalue weighted by molar-refractivity contribution is 7.98. The number of anilines is 1. The second kappa shape index (κ2) is 8.43. The summed E-state index contributed by atoms with van der Waals surface area (Å²) < 4.78 is 7.41. The van der Waals surface area contributed by atoms with Crippen LogP contribution in [-0.2, 0) is 18.6 Å². The number of ether oxygens (including phenoxy) is 1. The van der Waals surface area contributed by atoms with Crippen molar-refractivity contribution in [1.29, 1.82) is 0 Å². The minimum absolute atomic E-state index is 0.524. The number of para-hydroxylation sites is 2. The number of thiophene rings is 1. The number of tetrazole rings is 1. The van der Waals surface area contributed by atoms with Gasteiger partial charge in [-0.2, -0.15) is 4.68 Å². The van der Waals surface area contributed by atoms with Crippen molar-refractivity contribution < 1.29 is 4.74 Å². The van der Waals surface area contributed by atoms with Gasteiger partial charge in [-0.05, 0) is 60.2 Å². The fourth-order valence-electron chi connectivity index (χ4n) is 3.94. The number of thioether (sulfide) groups is 1. The predicted octanol–water partition coefficient (Wildman–Crippen LogP) is 4.07. The zero-order valence-corrected chi connectivity index (χ0v) is 19.0. The first-order chi connectivity index (χ1) is 15.1. The molecule has 1 atom stereocenters. The van der Waals surface area contributed by atoms with Crippen LogP contribution in [0.5, 0.6) is 5.75 Å². The van der Waals surface area contributed by atoms with Gasteiger partial charge < -0.3 is 10.5 Å². The number of nitrogens with zero attached hydrogens (tertiary/aromatic N) is 6. The lowest BCUT2D eigenvalue weighted by Crippen LogP contribution is -2.09. The molecule has 0 spiro atoms. The quantitative estimate of drug-likeness (QED) is 0.436. The van der Waals surface area contributed by atoms with Gasteiger partial charge in [0.1, 0.15) is 27.9 Å². The molecule has 31 heavy (non-hydrogen) atoms. The molecule has 2 N–H and O–H groups in total. The van der Waals surface area contributed by atoms with E-state index in [-0.39, 0.29) is 0 Å². The van der Waals surface area contributed by atoms with Crippen LogP contribution in [0.2, 0.25) is 0 Å². The van der Waals surface area contributed by atoms with Crippen molar-refractivity contribution in [2.75, 3.05) is 12.3 Å². The van der Waals surface area contributed by atoms with Crippen molar-refractivity contribution in [3.63, 3.8) is 0 Å². The lowest BCUT2D eigenvalue weighted by atomic mass is 9.89. The summed E-state index contributed by atoms with van der Waals surface area (Å²) in [7, 11) is 0. The average molecular weight is 454 g/mol. The van der Waals surface area contributed by atoms with Gasteiger partial charge in [0.25, 0.3) is 0 Å². The van der Waals surface area contributed by atoms with E-state index in [1.54, 1.807) is 16.0 Å². The highest BCUT2D eigenvalue weighted by Gasteiger charge is 2.23. The van der Waals surface area contributed by atoms with Gasteiger partial charge in [-0.3, -0.25) is 0 Å². The number of hydrogen-bond acceptors (Lipinski definition) is 9. The molecule has 0 saturated heterocycles. The third kappa shape index (κ3) is 3.85. The molecule has 1 aromatic carbocycles. The molecule has 0 amide bonds. The van der Waals surface area contributed by atoms with E-state index >= 15 is 0 Å². The van der Waals surface area contributed by atoms with Gasteiger partial charge in [0.05, 0.1) is 17.7 Å². The fourth-order valence-corrected chi connectivity index (χ4v) is 6.09. The summed E-state index contributed by atoms with van der Waals surface area (Å²) in [6, 6.07) is 7.71. The van der Waals surface area contributed by atoms with E-state index in [0.717, 1.165) is 34.5 Å². The van der Waals surface area contributed by atoms with Gasteiger partial charge in [0.2, 0.25) is 5.16 Å². The molecule has 10 heteroatoms. The molecule has 0 fully saturated rings. The molecule has 3 aromatic heterocycles. The van der Waals surface area contributed by atoms with E-state index in [2.05, 4.69) is 27.4 Å². The van der Waals surface area contributed by atoms with Gasteiger partial charge in [-0.1, -0.05) is 30.8 Å². The summed E-state index contributed by atoms with van der Waals surface area (Å²) in [5.74, 6) is 3.24. The summed E-state index contributed by atoms with van der Waals surface area (Å²) in [5, 5.41) is 13.9. The van der Waals surface area contributed by atoms with Gasteiger partial charge in [0.15, 0.2) is 0 Å². The summed E-state index contributed by atoms with van der Waals surface area (Å²) in [6.07, 6.45) is 3.36. The van der Waals surface area contributed by atoms with E-state index in [9.17, 15) is 0 Å². The van der Waals surface area contributed by atoms with Crippen molar-refractivity contribution in [1.82, 2.24) is 30.2 Å². The van der Waals surface area contributed by atoms with Crippen LogP contribution in [0.15, 0.2) is 29.4 Å². The summed E-state index contributed by atoms with van der Waals surface area (Å²) in [4.78, 5) is 11.8. The molecule has 1 aliphatic carbocycles. The first kappa shape index (κ1) is 20.2. The predicted molar refractivity (Wildman–Crippen MR) is 123 cm³/mol. The molecule has 1 unspecified atom stereocenters. The van der Waals surface area contributed by atoms with Crippen molar-refractivity contribution in [3.05, 3.63) is 40.5 Å². The van der Waals surface area contributed by atoms with Gasteiger partial charge >= 0.3 is 0 Å². The lowest BCUT2D eigenvalue weighted by Gasteiger charge is -2.17. The Balaban J connectivity index is 1.41. The first-order valence-electron chi connectivity index (χ1n) is 10.3. The SMILES string of the molecule is CCOc1ccccc1-n1nnnc1SCc1nc(N)c2c3c(sc2n1)CC(C)CC3. The maximum Gasteiger partial charge on any atom is 0.214 e. The summed E-state index contributed by atoms with van der Waals surface area (Å²) >= 11 is 3.24. The molecule has 5 rings (SSSR count). The fraction of sp³-hybridized carbons (Fsp3) is 0.381. The molecule has 0 saturated carbocycles. The molecule has 160 valence electrons. The summed E-state index contributed by atoms with van der Waals surface area (Å²) in [5.41, 5.74) is 8.52. The maximum absolute atomic E-state index is 6.37. The van der Waals surface area contributed by atoms with Crippen LogP contribution in [-0.4, -0.2) is 36.8 Å². The Hall–Kier alpha value is -2.72. The molecule has 0 radical (unpaired) electrons. The number of nitrogens with two attached hydrogens (primary N) is 1. The standard InChI is InChI=1S/C21H23N7OS2/c1-3-29-15-7-5-4-6-14(15)28-21(25-26-27-28)30-11-17-23-19(22)18-13-9-8-12(2)10-16(13)31-20(18)24-17/h4-7,12H,3,8-11H2,1-2H3,(H2,22,23,24). The maximum atomic E-state index is 6.37. The van der Waals surface area contributed by atoms with Crippen molar-refractivity contribution >= 4 is 39.1 Å². The zero-order valence-electron chi connectivity index (χ0n) is 17.4. The Labute approximate surface area is 188 Å². The van der Waals surface area contributed by atoms with E-state index in [1.165, 1.54) is 28.6 Å². The number of fused-ring (bicyclic) bond motifs is 3. The van der Waals surface area contributed by atoms with Crippen LogP contribution in [0.25, 0.3) is 15.9 Å². The normalized spacial score (nSPS) is 15.9. The molecular weight excluding hydrogens is 430 g/mol. The largest absolute Gasteiger partial charge is 0.492 e. The Bertz CT molecular complexity index is 1240. The average Bonchev–Trinajstić information content (AvgIpc) is 3.36. The van der Waals surface area contributed by atoms with Crippen molar-refractivity contribution in [3.8, 4) is 11.4 Å². The Morgan fingerprint density at radius 2 is 2.16 bits per heavy atom. The minimum Gasteiger partial charge on any atom is -0.492 e. The number of aryl methyl sites for hydroxylation is 1. The molecular formula is C21H23N7OS2. The van der Waals surface area contributed by atoms with Crippen LogP contribution >= 0.6 is 23.1 Å². The van der Waals surface area contributed by atoms with Crippen LogP contribution in [0.1, 0.15) is 36.5 Å². The number of rotatable bonds is 6. The third-order valence-corrected chi connectivity index (χ3v) is 7.46. The molecule has 0 aliphatic heterocycles. The molecule has 4 aromatic rings. The zero-order chi connectivity index (χ0) is 21.4. The Morgan fingerprint density at radius 1 is 1.29 bits per heavy atom. The number of benzene rings is 1. The van der Waals surface area contributed by atoms with E-state index < -0.39 is 0 Å². The van der Waals surface area contributed by atoms with Gasteiger partial charge in [-0.25, -0.2) is 9.97 Å². The van der Waals surface area contributed by atoms with Crippen LogP contribution in [0.3, 0.4) is 0 Å². The third-order valence-electron chi connectivity index (χ3n) is 5.39.